The van der Waals surface area contributed by atoms with Crippen molar-refractivity contribution in [2.45, 2.75) is 13.8 Å². The van der Waals surface area contributed by atoms with Crippen LogP contribution in [0.15, 0.2) is 0 Å². The van der Waals surface area contributed by atoms with E-state index in [4.69, 9.17) is 4.89 Å². The SMILES string of the molecule is CC(C)CNC[P+](=O)O. The van der Waals surface area contributed by atoms with E-state index in [0.717, 1.165) is 6.54 Å². The summed E-state index contributed by atoms with van der Waals surface area (Å²) in [6.45, 7) is 4.91. The third kappa shape index (κ3) is 8.02. The largest absolute Gasteiger partial charge is 0.521 e. The number of rotatable bonds is 4. The lowest BCUT2D eigenvalue weighted by Gasteiger charge is -1.99. The van der Waals surface area contributed by atoms with E-state index < -0.39 is 8.03 Å². The van der Waals surface area contributed by atoms with Gasteiger partial charge in [-0.05, 0) is 10.5 Å². The molecule has 0 radical (unpaired) electrons. The van der Waals surface area contributed by atoms with Gasteiger partial charge in [0, 0.05) is 6.54 Å². The second-order valence-corrected chi connectivity index (χ2v) is 3.38. The highest BCUT2D eigenvalue weighted by atomic mass is 31.1. The summed E-state index contributed by atoms with van der Waals surface area (Å²) in [6, 6.07) is 0. The summed E-state index contributed by atoms with van der Waals surface area (Å²) in [5, 5.41) is 2.85. The minimum absolute atomic E-state index is 0.216. The maximum absolute atomic E-state index is 10.1. The van der Waals surface area contributed by atoms with Gasteiger partial charge in [-0.25, -0.2) is 0 Å². The van der Waals surface area contributed by atoms with Crippen LogP contribution in [-0.4, -0.2) is 17.7 Å². The molecule has 54 valence electrons. The fourth-order valence-electron chi connectivity index (χ4n) is 0.449. The van der Waals surface area contributed by atoms with E-state index in [2.05, 4.69) is 19.2 Å². The number of hydrogen-bond donors (Lipinski definition) is 2. The van der Waals surface area contributed by atoms with E-state index in [9.17, 15) is 4.57 Å². The molecule has 2 N–H and O–H groups in total. The van der Waals surface area contributed by atoms with Gasteiger partial charge >= 0.3 is 8.03 Å². The highest BCUT2D eigenvalue weighted by Gasteiger charge is 2.07. The Balaban J connectivity index is 3.01. The lowest BCUT2D eigenvalue weighted by Crippen LogP contribution is -2.18. The maximum Gasteiger partial charge on any atom is 0.521 e. The first-order valence-corrected chi connectivity index (χ1v) is 4.37. The van der Waals surface area contributed by atoms with Gasteiger partial charge in [-0.2, -0.15) is 4.89 Å². The van der Waals surface area contributed by atoms with E-state index >= 15 is 0 Å². The Kier molecular flexibility index (Phi) is 4.87. The standard InChI is InChI=1S/C5H12NO2P/c1-5(2)3-6-4-9(7)8/h5-6H,3-4H2,1-2H3/p+1. The fourth-order valence-corrected chi connectivity index (χ4v) is 0.769. The first kappa shape index (κ1) is 9.02. The molecule has 3 nitrogen and oxygen atoms in total. The van der Waals surface area contributed by atoms with Crippen LogP contribution in [0, 0.1) is 5.92 Å². The first-order valence-electron chi connectivity index (χ1n) is 2.97. The molecule has 0 aromatic heterocycles. The molecular formula is C5H13NO2P+. The topological polar surface area (TPSA) is 49.3 Å². The van der Waals surface area contributed by atoms with Gasteiger partial charge in [0.05, 0.1) is 0 Å². The molecule has 9 heavy (non-hydrogen) atoms. The van der Waals surface area contributed by atoms with E-state index in [1.807, 2.05) is 0 Å². The van der Waals surface area contributed by atoms with Crippen molar-refractivity contribution in [2.75, 3.05) is 12.8 Å². The third-order valence-corrected chi connectivity index (χ3v) is 1.29. The molecule has 0 aliphatic rings. The highest BCUT2D eigenvalue weighted by molar-refractivity contribution is 7.37. The van der Waals surface area contributed by atoms with E-state index in [0.29, 0.717) is 5.92 Å². The van der Waals surface area contributed by atoms with E-state index in [-0.39, 0.29) is 6.29 Å². The molecule has 0 rings (SSSR count). The molecule has 0 bridgehead atoms. The van der Waals surface area contributed by atoms with Crippen LogP contribution in [0.1, 0.15) is 13.8 Å². The second kappa shape index (κ2) is 4.86. The molecule has 0 aliphatic heterocycles. The van der Waals surface area contributed by atoms with Gasteiger partial charge in [0.2, 0.25) is 6.29 Å². The molecule has 0 aromatic carbocycles. The van der Waals surface area contributed by atoms with Crippen molar-refractivity contribution >= 4 is 8.03 Å². The zero-order chi connectivity index (χ0) is 7.28. The molecule has 0 saturated heterocycles. The quantitative estimate of drug-likeness (QED) is 0.586. The van der Waals surface area contributed by atoms with Crippen LogP contribution in [0.2, 0.25) is 0 Å². The summed E-state index contributed by atoms with van der Waals surface area (Å²) in [4.78, 5) is 8.31. The van der Waals surface area contributed by atoms with Crippen LogP contribution >= 0.6 is 8.03 Å². The van der Waals surface area contributed by atoms with Gasteiger partial charge in [-0.15, -0.1) is 0 Å². The van der Waals surface area contributed by atoms with Crippen molar-refractivity contribution in [3.8, 4) is 0 Å². The maximum atomic E-state index is 10.1. The molecule has 0 fully saturated rings. The van der Waals surface area contributed by atoms with Crippen molar-refractivity contribution < 1.29 is 9.46 Å². The van der Waals surface area contributed by atoms with Crippen LogP contribution in [0.4, 0.5) is 0 Å². The van der Waals surface area contributed by atoms with Gasteiger partial charge in [0.1, 0.15) is 0 Å². The fraction of sp³-hybridized carbons (Fsp3) is 1.00. The molecule has 0 aromatic rings. The van der Waals surface area contributed by atoms with Gasteiger partial charge in [0.15, 0.2) is 0 Å². The average molecular weight is 150 g/mol. The van der Waals surface area contributed by atoms with Crippen molar-refractivity contribution in [2.24, 2.45) is 5.92 Å². The Morgan fingerprint density at radius 3 is 2.56 bits per heavy atom. The molecule has 0 aliphatic carbocycles. The zero-order valence-corrected chi connectivity index (χ0v) is 6.69. The molecule has 0 saturated carbocycles. The van der Waals surface area contributed by atoms with Crippen LogP contribution in [-0.2, 0) is 4.57 Å². The lowest BCUT2D eigenvalue weighted by molar-refractivity contribution is 0.490. The predicted molar refractivity (Wildman–Crippen MR) is 37.5 cm³/mol. The molecular weight excluding hydrogens is 137 g/mol. The minimum atomic E-state index is -1.99. The smallest absolute Gasteiger partial charge is 0.273 e. The van der Waals surface area contributed by atoms with Crippen LogP contribution < -0.4 is 5.32 Å². The highest BCUT2D eigenvalue weighted by Crippen LogP contribution is 2.08. The molecule has 4 heteroatoms. The normalized spacial score (nSPS) is 12.2. The Labute approximate surface area is 56.3 Å². The predicted octanol–water partition coefficient (Wildman–Crippen LogP) is 0.924. The summed E-state index contributed by atoms with van der Waals surface area (Å²) in [5.74, 6) is 0.542. The Morgan fingerprint density at radius 2 is 2.22 bits per heavy atom. The second-order valence-electron chi connectivity index (χ2n) is 2.36. The number of nitrogens with one attached hydrogen (secondary N) is 1. The Bertz CT molecular complexity index is 95.0. The minimum Gasteiger partial charge on any atom is -0.273 e. The number of hydrogen-bond acceptors (Lipinski definition) is 2. The molecule has 0 heterocycles. The van der Waals surface area contributed by atoms with Crippen LogP contribution in [0.25, 0.3) is 0 Å². The monoisotopic (exact) mass is 150 g/mol. The van der Waals surface area contributed by atoms with Crippen molar-refractivity contribution in [3.05, 3.63) is 0 Å². The summed E-state index contributed by atoms with van der Waals surface area (Å²) in [5.41, 5.74) is 0. The van der Waals surface area contributed by atoms with Crippen molar-refractivity contribution in [1.29, 1.82) is 0 Å². The first-order chi connectivity index (χ1) is 4.13. The van der Waals surface area contributed by atoms with Gasteiger partial charge in [-0.3, -0.25) is 5.32 Å². The van der Waals surface area contributed by atoms with E-state index in [1.54, 1.807) is 0 Å². The average Bonchev–Trinajstić information content (AvgIpc) is 1.63. The molecule has 0 amide bonds. The summed E-state index contributed by atoms with van der Waals surface area (Å²) in [6.07, 6.45) is 0.216. The summed E-state index contributed by atoms with van der Waals surface area (Å²) < 4.78 is 10.1. The summed E-state index contributed by atoms with van der Waals surface area (Å²) in [7, 11) is -1.99. The molecule has 0 spiro atoms. The Morgan fingerprint density at radius 1 is 1.67 bits per heavy atom. The van der Waals surface area contributed by atoms with E-state index in [1.165, 1.54) is 0 Å². The Hall–Kier alpha value is 0.0200. The lowest BCUT2D eigenvalue weighted by atomic mass is 10.2. The van der Waals surface area contributed by atoms with Crippen molar-refractivity contribution in [3.63, 3.8) is 0 Å². The van der Waals surface area contributed by atoms with Crippen LogP contribution in [0.3, 0.4) is 0 Å². The van der Waals surface area contributed by atoms with Gasteiger partial charge < -0.3 is 0 Å². The van der Waals surface area contributed by atoms with Gasteiger partial charge in [0.25, 0.3) is 0 Å². The summed E-state index contributed by atoms with van der Waals surface area (Å²) >= 11 is 0. The van der Waals surface area contributed by atoms with Crippen molar-refractivity contribution in [1.82, 2.24) is 5.32 Å². The molecule has 1 atom stereocenters. The zero-order valence-electron chi connectivity index (χ0n) is 5.79. The third-order valence-electron chi connectivity index (χ3n) is 0.800. The van der Waals surface area contributed by atoms with Gasteiger partial charge in [-0.1, -0.05) is 13.8 Å². The van der Waals surface area contributed by atoms with Crippen LogP contribution in [0.5, 0.6) is 0 Å². The molecule has 1 unspecified atom stereocenters.